The number of imidazole rings is 1. The normalized spacial score (nSPS) is 10.6. The van der Waals surface area contributed by atoms with E-state index in [0.29, 0.717) is 17.4 Å². The fourth-order valence-electron chi connectivity index (χ4n) is 1.40. The van der Waals surface area contributed by atoms with Crippen LogP contribution in [0.4, 0.5) is 10.1 Å². The molecule has 0 aliphatic carbocycles. The van der Waals surface area contributed by atoms with Crippen molar-refractivity contribution in [3.63, 3.8) is 0 Å². The SMILES string of the molecule is Cn1c(Cl)cnc1CNc1cc(F)ccc1Br. The average molecular weight is 319 g/mol. The maximum atomic E-state index is 13.1. The molecule has 6 heteroatoms. The minimum atomic E-state index is -0.284. The third kappa shape index (κ3) is 2.79. The van der Waals surface area contributed by atoms with Gasteiger partial charge in [0.05, 0.1) is 18.4 Å². The third-order valence-electron chi connectivity index (χ3n) is 2.39. The fourth-order valence-corrected chi connectivity index (χ4v) is 1.93. The highest BCUT2D eigenvalue weighted by molar-refractivity contribution is 9.10. The number of nitrogens with zero attached hydrogens (tertiary/aromatic N) is 2. The second-order valence-electron chi connectivity index (χ2n) is 3.53. The second kappa shape index (κ2) is 5.06. The number of halogens is 3. The molecule has 0 saturated carbocycles. The van der Waals surface area contributed by atoms with E-state index in [9.17, 15) is 4.39 Å². The first kappa shape index (κ1) is 12.4. The highest BCUT2D eigenvalue weighted by Gasteiger charge is 2.06. The summed E-state index contributed by atoms with van der Waals surface area (Å²) in [6.07, 6.45) is 1.58. The van der Waals surface area contributed by atoms with Gasteiger partial charge in [0, 0.05) is 11.5 Å². The number of benzene rings is 1. The van der Waals surface area contributed by atoms with Crippen LogP contribution in [-0.2, 0) is 13.6 Å². The molecule has 0 spiro atoms. The lowest BCUT2D eigenvalue weighted by atomic mass is 10.3. The summed E-state index contributed by atoms with van der Waals surface area (Å²) in [5.41, 5.74) is 0.684. The highest BCUT2D eigenvalue weighted by atomic mass is 79.9. The van der Waals surface area contributed by atoms with E-state index in [4.69, 9.17) is 11.6 Å². The van der Waals surface area contributed by atoms with Crippen LogP contribution in [0, 0.1) is 5.82 Å². The minimum Gasteiger partial charge on any atom is -0.377 e. The van der Waals surface area contributed by atoms with Crippen molar-refractivity contribution < 1.29 is 4.39 Å². The van der Waals surface area contributed by atoms with E-state index in [1.807, 2.05) is 7.05 Å². The summed E-state index contributed by atoms with van der Waals surface area (Å²) in [7, 11) is 1.83. The molecule has 3 nitrogen and oxygen atoms in total. The first-order valence-electron chi connectivity index (χ1n) is 4.93. The van der Waals surface area contributed by atoms with E-state index in [0.717, 1.165) is 10.3 Å². The highest BCUT2D eigenvalue weighted by Crippen LogP contribution is 2.23. The van der Waals surface area contributed by atoms with Crippen molar-refractivity contribution in [3.05, 3.63) is 45.7 Å². The monoisotopic (exact) mass is 317 g/mol. The molecular weight excluding hydrogens is 308 g/mol. The quantitative estimate of drug-likeness (QED) is 0.937. The molecule has 0 radical (unpaired) electrons. The van der Waals surface area contributed by atoms with Crippen molar-refractivity contribution in [3.8, 4) is 0 Å². The van der Waals surface area contributed by atoms with Crippen molar-refractivity contribution in [2.75, 3.05) is 5.32 Å². The lowest BCUT2D eigenvalue weighted by molar-refractivity contribution is 0.628. The van der Waals surface area contributed by atoms with Crippen LogP contribution >= 0.6 is 27.5 Å². The molecule has 0 bridgehead atoms. The Morgan fingerprint density at radius 1 is 1.53 bits per heavy atom. The molecular formula is C11H10BrClFN3. The van der Waals surface area contributed by atoms with Gasteiger partial charge in [0.2, 0.25) is 0 Å². The van der Waals surface area contributed by atoms with Crippen molar-refractivity contribution in [1.82, 2.24) is 9.55 Å². The van der Waals surface area contributed by atoms with E-state index in [-0.39, 0.29) is 5.82 Å². The molecule has 90 valence electrons. The molecule has 2 aromatic rings. The number of anilines is 1. The molecule has 17 heavy (non-hydrogen) atoms. The van der Waals surface area contributed by atoms with Gasteiger partial charge in [-0.3, -0.25) is 0 Å². The molecule has 1 aromatic carbocycles. The van der Waals surface area contributed by atoms with Gasteiger partial charge in [-0.05, 0) is 34.1 Å². The van der Waals surface area contributed by atoms with E-state index < -0.39 is 0 Å². The number of aromatic nitrogens is 2. The Labute approximate surface area is 112 Å². The van der Waals surface area contributed by atoms with Crippen molar-refractivity contribution in [1.29, 1.82) is 0 Å². The summed E-state index contributed by atoms with van der Waals surface area (Å²) in [6.45, 7) is 0.477. The van der Waals surface area contributed by atoms with Gasteiger partial charge < -0.3 is 9.88 Å². The summed E-state index contributed by atoms with van der Waals surface area (Å²) < 4.78 is 15.6. The van der Waals surface area contributed by atoms with Crippen LogP contribution in [0.1, 0.15) is 5.82 Å². The van der Waals surface area contributed by atoms with Crippen LogP contribution in [0.5, 0.6) is 0 Å². The van der Waals surface area contributed by atoms with Gasteiger partial charge in [-0.2, -0.15) is 0 Å². The number of rotatable bonds is 3. The van der Waals surface area contributed by atoms with Gasteiger partial charge >= 0.3 is 0 Å². The molecule has 2 rings (SSSR count). The molecule has 0 unspecified atom stereocenters. The van der Waals surface area contributed by atoms with Gasteiger partial charge in [0.15, 0.2) is 0 Å². The first-order valence-corrected chi connectivity index (χ1v) is 6.10. The maximum Gasteiger partial charge on any atom is 0.128 e. The van der Waals surface area contributed by atoms with Crippen LogP contribution < -0.4 is 5.32 Å². The van der Waals surface area contributed by atoms with Gasteiger partial charge in [-0.1, -0.05) is 11.6 Å². The first-order chi connectivity index (χ1) is 8.08. The van der Waals surface area contributed by atoms with E-state index in [2.05, 4.69) is 26.2 Å². The largest absolute Gasteiger partial charge is 0.377 e. The molecule has 0 aliphatic rings. The number of hydrogen-bond acceptors (Lipinski definition) is 2. The molecule has 0 atom stereocenters. The Morgan fingerprint density at radius 2 is 2.29 bits per heavy atom. The summed E-state index contributed by atoms with van der Waals surface area (Å²) in [4.78, 5) is 4.14. The molecule has 0 fully saturated rings. The summed E-state index contributed by atoms with van der Waals surface area (Å²) in [5, 5.41) is 3.66. The number of nitrogens with one attached hydrogen (secondary N) is 1. The molecule has 1 N–H and O–H groups in total. The topological polar surface area (TPSA) is 29.9 Å². The van der Waals surface area contributed by atoms with Crippen LogP contribution in [0.3, 0.4) is 0 Å². The Kier molecular flexibility index (Phi) is 3.69. The average Bonchev–Trinajstić information content (AvgIpc) is 2.62. The van der Waals surface area contributed by atoms with Crippen molar-refractivity contribution in [2.24, 2.45) is 7.05 Å². The molecule has 0 saturated heterocycles. The van der Waals surface area contributed by atoms with Crippen LogP contribution in [0.25, 0.3) is 0 Å². The van der Waals surface area contributed by atoms with E-state index >= 15 is 0 Å². The molecule has 0 aliphatic heterocycles. The Hall–Kier alpha value is -1.07. The van der Waals surface area contributed by atoms with Gasteiger partial charge in [0.1, 0.15) is 16.8 Å². The Bertz CT molecular complexity index is 542. The van der Waals surface area contributed by atoms with Gasteiger partial charge in [-0.15, -0.1) is 0 Å². The van der Waals surface area contributed by atoms with E-state index in [1.165, 1.54) is 12.1 Å². The zero-order chi connectivity index (χ0) is 12.4. The van der Waals surface area contributed by atoms with Crippen molar-refractivity contribution >= 4 is 33.2 Å². The second-order valence-corrected chi connectivity index (χ2v) is 4.78. The van der Waals surface area contributed by atoms with Gasteiger partial charge in [-0.25, -0.2) is 9.37 Å². The Balaban J connectivity index is 2.12. The van der Waals surface area contributed by atoms with E-state index in [1.54, 1.807) is 16.8 Å². The fraction of sp³-hybridized carbons (Fsp3) is 0.182. The standard InChI is InChI=1S/C11H10BrClFN3/c1-17-10(13)5-16-11(17)6-15-9-4-7(14)2-3-8(9)12/h2-5,15H,6H2,1H3. The van der Waals surface area contributed by atoms with Crippen LogP contribution in [0.15, 0.2) is 28.9 Å². The lowest BCUT2D eigenvalue weighted by Crippen LogP contribution is -2.06. The third-order valence-corrected chi connectivity index (χ3v) is 3.44. The zero-order valence-corrected chi connectivity index (χ0v) is 11.4. The summed E-state index contributed by atoms with van der Waals surface area (Å²) in [6, 6.07) is 4.48. The summed E-state index contributed by atoms with van der Waals surface area (Å²) >= 11 is 9.22. The molecule has 1 aromatic heterocycles. The number of hydrogen-bond donors (Lipinski definition) is 1. The zero-order valence-electron chi connectivity index (χ0n) is 9.04. The Morgan fingerprint density at radius 3 is 2.94 bits per heavy atom. The van der Waals surface area contributed by atoms with Gasteiger partial charge in [0.25, 0.3) is 0 Å². The lowest BCUT2D eigenvalue weighted by Gasteiger charge is -2.08. The molecule has 0 amide bonds. The maximum absolute atomic E-state index is 13.1. The smallest absolute Gasteiger partial charge is 0.128 e. The van der Waals surface area contributed by atoms with Crippen molar-refractivity contribution in [2.45, 2.75) is 6.54 Å². The van der Waals surface area contributed by atoms with Crippen LogP contribution in [-0.4, -0.2) is 9.55 Å². The summed E-state index contributed by atoms with van der Waals surface area (Å²) in [5.74, 6) is 0.500. The predicted octanol–water partition coefficient (Wildman–Crippen LogP) is 3.59. The molecule has 1 heterocycles. The minimum absolute atomic E-state index is 0.284. The predicted molar refractivity (Wildman–Crippen MR) is 69.6 cm³/mol. The van der Waals surface area contributed by atoms with Crippen LogP contribution in [0.2, 0.25) is 5.15 Å².